The van der Waals surface area contributed by atoms with E-state index in [1.165, 1.54) is 29.4 Å². The van der Waals surface area contributed by atoms with Gasteiger partial charge in [-0.15, -0.1) is 0 Å². The van der Waals surface area contributed by atoms with Crippen molar-refractivity contribution in [3.63, 3.8) is 0 Å². The standard InChI is InChI=1S/C21H23N/c1-4-21(3)14-18-17(15(21)2)9-7-11-20(18)22-13-12-16-8-5-6-10-19(16)22/h5-13,15H,4,14H2,1-3H3. The molecule has 0 N–H and O–H groups in total. The van der Waals surface area contributed by atoms with E-state index in [9.17, 15) is 0 Å². The van der Waals surface area contributed by atoms with Gasteiger partial charge in [-0.05, 0) is 58.9 Å². The number of nitrogens with zero attached hydrogens (tertiary/aromatic N) is 1. The summed E-state index contributed by atoms with van der Waals surface area (Å²) in [4.78, 5) is 0. The van der Waals surface area contributed by atoms with Gasteiger partial charge in [0.15, 0.2) is 0 Å². The van der Waals surface area contributed by atoms with Gasteiger partial charge in [0.25, 0.3) is 0 Å². The number of benzene rings is 2. The minimum Gasteiger partial charge on any atom is -0.316 e. The van der Waals surface area contributed by atoms with Crippen LogP contribution in [0.1, 0.15) is 44.2 Å². The molecule has 2 unspecified atom stereocenters. The molecule has 2 aromatic carbocycles. The average molecular weight is 289 g/mol. The van der Waals surface area contributed by atoms with Crippen molar-refractivity contribution in [2.75, 3.05) is 0 Å². The van der Waals surface area contributed by atoms with Gasteiger partial charge in [0.2, 0.25) is 0 Å². The third-order valence-corrected chi connectivity index (χ3v) is 5.95. The smallest absolute Gasteiger partial charge is 0.0528 e. The molecule has 1 aromatic heterocycles. The van der Waals surface area contributed by atoms with Crippen LogP contribution < -0.4 is 0 Å². The van der Waals surface area contributed by atoms with Crippen molar-refractivity contribution >= 4 is 10.9 Å². The first-order valence-electron chi connectivity index (χ1n) is 8.32. The Morgan fingerprint density at radius 2 is 1.91 bits per heavy atom. The first-order chi connectivity index (χ1) is 10.6. The van der Waals surface area contributed by atoms with Crippen LogP contribution in [0.3, 0.4) is 0 Å². The minimum absolute atomic E-state index is 0.390. The zero-order chi connectivity index (χ0) is 15.3. The molecular weight excluding hydrogens is 266 g/mol. The van der Waals surface area contributed by atoms with Crippen molar-refractivity contribution in [2.24, 2.45) is 5.41 Å². The lowest BCUT2D eigenvalue weighted by molar-refractivity contribution is 0.279. The van der Waals surface area contributed by atoms with Crippen LogP contribution in [-0.2, 0) is 6.42 Å². The summed E-state index contributed by atoms with van der Waals surface area (Å²) < 4.78 is 2.36. The molecule has 112 valence electrons. The summed E-state index contributed by atoms with van der Waals surface area (Å²) in [5.41, 5.74) is 6.14. The van der Waals surface area contributed by atoms with Crippen molar-refractivity contribution < 1.29 is 0 Å². The maximum absolute atomic E-state index is 2.44. The van der Waals surface area contributed by atoms with E-state index in [0.717, 1.165) is 0 Å². The molecule has 1 aliphatic rings. The Balaban J connectivity index is 1.93. The molecule has 3 aromatic rings. The molecule has 0 spiro atoms. The van der Waals surface area contributed by atoms with Crippen molar-refractivity contribution in [2.45, 2.75) is 39.5 Å². The topological polar surface area (TPSA) is 4.93 Å². The minimum atomic E-state index is 0.390. The summed E-state index contributed by atoms with van der Waals surface area (Å²) in [6.07, 6.45) is 4.63. The third kappa shape index (κ3) is 1.78. The van der Waals surface area contributed by atoms with Crippen LogP contribution in [0.2, 0.25) is 0 Å². The zero-order valence-electron chi connectivity index (χ0n) is 13.6. The quantitative estimate of drug-likeness (QED) is 0.569. The molecule has 4 rings (SSSR count). The molecule has 22 heavy (non-hydrogen) atoms. The highest BCUT2D eigenvalue weighted by molar-refractivity contribution is 5.82. The summed E-state index contributed by atoms with van der Waals surface area (Å²) in [5.74, 6) is 0.634. The Labute approximate surface area is 132 Å². The van der Waals surface area contributed by atoms with E-state index >= 15 is 0 Å². The lowest BCUT2D eigenvalue weighted by Gasteiger charge is -2.27. The van der Waals surface area contributed by atoms with E-state index in [-0.39, 0.29) is 0 Å². The first kappa shape index (κ1) is 13.6. The normalized spacial score (nSPS) is 23.9. The van der Waals surface area contributed by atoms with E-state index in [1.54, 1.807) is 11.1 Å². The lowest BCUT2D eigenvalue weighted by atomic mass is 9.77. The van der Waals surface area contributed by atoms with Crippen LogP contribution in [0.5, 0.6) is 0 Å². The summed E-state index contributed by atoms with van der Waals surface area (Å²) in [5, 5.41) is 1.31. The van der Waals surface area contributed by atoms with Crippen LogP contribution in [0.15, 0.2) is 54.7 Å². The molecule has 0 saturated heterocycles. The van der Waals surface area contributed by atoms with Gasteiger partial charge in [-0.3, -0.25) is 0 Å². The van der Waals surface area contributed by atoms with Crippen LogP contribution >= 0.6 is 0 Å². The van der Waals surface area contributed by atoms with Crippen LogP contribution in [0.25, 0.3) is 16.6 Å². The molecular formula is C21H23N. The van der Waals surface area contributed by atoms with Crippen molar-refractivity contribution in [1.29, 1.82) is 0 Å². The second-order valence-corrected chi connectivity index (χ2v) is 7.00. The van der Waals surface area contributed by atoms with Crippen LogP contribution in [0, 0.1) is 5.41 Å². The van der Waals surface area contributed by atoms with Crippen LogP contribution in [0.4, 0.5) is 0 Å². The number of hydrogen-bond acceptors (Lipinski definition) is 0. The number of fused-ring (bicyclic) bond motifs is 2. The first-order valence-corrected chi connectivity index (χ1v) is 8.32. The lowest BCUT2D eigenvalue weighted by Crippen LogP contribution is -2.18. The fourth-order valence-corrected chi connectivity index (χ4v) is 4.07. The van der Waals surface area contributed by atoms with Gasteiger partial charge in [-0.2, -0.15) is 0 Å². The number of aromatic nitrogens is 1. The van der Waals surface area contributed by atoms with Gasteiger partial charge in [-0.25, -0.2) is 0 Å². The second-order valence-electron chi connectivity index (χ2n) is 7.00. The highest BCUT2D eigenvalue weighted by atomic mass is 15.0. The number of hydrogen-bond donors (Lipinski definition) is 0. The molecule has 0 fully saturated rings. The Hall–Kier alpha value is -2.02. The van der Waals surface area contributed by atoms with Crippen molar-refractivity contribution in [1.82, 2.24) is 4.57 Å². The van der Waals surface area contributed by atoms with E-state index in [4.69, 9.17) is 0 Å². The van der Waals surface area contributed by atoms with Gasteiger partial charge >= 0.3 is 0 Å². The van der Waals surface area contributed by atoms with E-state index in [1.807, 2.05) is 0 Å². The Morgan fingerprint density at radius 3 is 2.73 bits per heavy atom. The van der Waals surface area contributed by atoms with Gasteiger partial charge in [0.05, 0.1) is 5.52 Å². The molecule has 0 radical (unpaired) electrons. The van der Waals surface area contributed by atoms with Crippen molar-refractivity contribution in [3.8, 4) is 5.69 Å². The van der Waals surface area contributed by atoms with Crippen LogP contribution in [-0.4, -0.2) is 4.57 Å². The summed E-state index contributed by atoms with van der Waals surface area (Å²) >= 11 is 0. The Bertz CT molecular complexity index is 842. The predicted octanol–water partition coefficient (Wildman–Crippen LogP) is 5.71. The molecule has 0 aliphatic heterocycles. The molecule has 1 aliphatic carbocycles. The van der Waals surface area contributed by atoms with Gasteiger partial charge < -0.3 is 4.57 Å². The highest BCUT2D eigenvalue weighted by Gasteiger charge is 2.39. The third-order valence-electron chi connectivity index (χ3n) is 5.95. The largest absolute Gasteiger partial charge is 0.316 e. The zero-order valence-corrected chi connectivity index (χ0v) is 13.6. The summed E-state index contributed by atoms with van der Waals surface area (Å²) in [6, 6.07) is 17.7. The SMILES string of the molecule is CCC1(C)Cc2c(cccc2-n2ccc3ccccc32)C1C. The molecule has 1 heteroatoms. The number of rotatable bonds is 2. The maximum Gasteiger partial charge on any atom is 0.0528 e. The molecule has 0 saturated carbocycles. The fraction of sp³-hybridized carbons (Fsp3) is 0.333. The van der Waals surface area contributed by atoms with E-state index in [0.29, 0.717) is 11.3 Å². The molecule has 0 bridgehead atoms. The fourth-order valence-electron chi connectivity index (χ4n) is 4.07. The Morgan fingerprint density at radius 1 is 1.09 bits per heavy atom. The van der Waals surface area contributed by atoms with E-state index in [2.05, 4.69) is 80.1 Å². The molecule has 0 amide bonds. The van der Waals surface area contributed by atoms with Gasteiger partial charge in [0.1, 0.15) is 0 Å². The molecule has 2 atom stereocenters. The van der Waals surface area contributed by atoms with E-state index < -0.39 is 0 Å². The maximum atomic E-state index is 2.44. The monoisotopic (exact) mass is 289 g/mol. The number of para-hydroxylation sites is 1. The predicted molar refractivity (Wildman–Crippen MR) is 93.8 cm³/mol. The second kappa shape index (κ2) is 4.74. The summed E-state index contributed by atoms with van der Waals surface area (Å²) in [6.45, 7) is 7.16. The summed E-state index contributed by atoms with van der Waals surface area (Å²) in [7, 11) is 0. The van der Waals surface area contributed by atoms with Gasteiger partial charge in [-0.1, -0.05) is 51.1 Å². The van der Waals surface area contributed by atoms with Gasteiger partial charge in [0, 0.05) is 11.9 Å². The van der Waals surface area contributed by atoms with Crippen molar-refractivity contribution in [3.05, 3.63) is 65.9 Å². The average Bonchev–Trinajstić information content (AvgIpc) is 3.08. The molecule has 1 heterocycles. The highest BCUT2D eigenvalue weighted by Crippen LogP contribution is 2.50. The Kier molecular flexibility index (Phi) is 2.94. The molecule has 1 nitrogen and oxygen atoms in total.